The molecule has 1 saturated carbocycles. The van der Waals surface area contributed by atoms with Gasteiger partial charge in [-0.3, -0.25) is 0 Å². The maximum atomic E-state index is 2.46. The third kappa shape index (κ3) is 0.693. The lowest BCUT2D eigenvalue weighted by Gasteiger charge is -2.56. The average molecular weight is 142 g/mol. The highest BCUT2D eigenvalue weighted by Gasteiger charge is 2.49. The standard InChI is InChI=1S/C8H15P/c1-8(2)6-4-3-5-7(8)9-6/h6-7,9H,3-5H2,1-2H3. The fourth-order valence-electron chi connectivity index (χ4n) is 2.26. The molecule has 2 heterocycles. The first-order valence-corrected chi connectivity index (χ1v) is 5.13. The molecule has 3 rings (SSSR count). The minimum atomic E-state index is 0.747. The van der Waals surface area contributed by atoms with Crippen molar-refractivity contribution in [2.24, 2.45) is 5.41 Å². The lowest BCUT2D eigenvalue weighted by Crippen LogP contribution is -2.49. The van der Waals surface area contributed by atoms with Crippen LogP contribution in [-0.2, 0) is 0 Å². The molecule has 0 amide bonds. The first-order valence-electron chi connectivity index (χ1n) is 3.97. The predicted octanol–water partition coefficient (Wildman–Crippen LogP) is 2.63. The largest absolute Gasteiger partial charge is 0.115 e. The van der Waals surface area contributed by atoms with E-state index in [9.17, 15) is 0 Å². The van der Waals surface area contributed by atoms with Crippen LogP contribution < -0.4 is 0 Å². The maximum absolute atomic E-state index is 2.46. The lowest BCUT2D eigenvalue weighted by molar-refractivity contribution is 0.223. The van der Waals surface area contributed by atoms with Crippen molar-refractivity contribution >= 4 is 8.58 Å². The molecule has 0 spiro atoms. The van der Waals surface area contributed by atoms with Gasteiger partial charge >= 0.3 is 0 Å². The van der Waals surface area contributed by atoms with E-state index in [1.165, 1.54) is 27.8 Å². The van der Waals surface area contributed by atoms with Gasteiger partial charge in [0.1, 0.15) is 0 Å². The van der Waals surface area contributed by atoms with Gasteiger partial charge < -0.3 is 0 Å². The van der Waals surface area contributed by atoms with Crippen molar-refractivity contribution in [1.82, 2.24) is 0 Å². The Morgan fingerprint density at radius 1 is 1.22 bits per heavy atom. The van der Waals surface area contributed by atoms with Crippen molar-refractivity contribution in [2.75, 3.05) is 0 Å². The minimum absolute atomic E-state index is 0.747. The van der Waals surface area contributed by atoms with Gasteiger partial charge in [0.15, 0.2) is 0 Å². The Kier molecular flexibility index (Phi) is 1.18. The van der Waals surface area contributed by atoms with Crippen LogP contribution >= 0.6 is 8.58 Å². The van der Waals surface area contributed by atoms with Crippen LogP contribution in [0.15, 0.2) is 0 Å². The Morgan fingerprint density at radius 2 is 1.78 bits per heavy atom. The van der Waals surface area contributed by atoms with E-state index in [2.05, 4.69) is 13.8 Å². The first-order chi connectivity index (χ1) is 4.21. The lowest BCUT2D eigenvalue weighted by atomic mass is 9.75. The summed E-state index contributed by atoms with van der Waals surface area (Å²) < 4.78 is 0. The van der Waals surface area contributed by atoms with Crippen LogP contribution in [0, 0.1) is 5.41 Å². The summed E-state index contributed by atoms with van der Waals surface area (Å²) in [5.41, 5.74) is 2.99. The van der Waals surface area contributed by atoms with E-state index in [1.54, 1.807) is 0 Å². The Morgan fingerprint density at radius 3 is 2.00 bits per heavy atom. The monoisotopic (exact) mass is 142 g/mol. The van der Waals surface area contributed by atoms with Gasteiger partial charge in [-0.25, -0.2) is 0 Å². The molecular formula is C8H15P. The van der Waals surface area contributed by atoms with Gasteiger partial charge in [-0.15, -0.1) is 8.58 Å². The molecular weight excluding hydrogens is 127 g/mol. The molecule has 2 saturated heterocycles. The minimum Gasteiger partial charge on any atom is -0.115 e. The normalized spacial score (nSPS) is 48.7. The van der Waals surface area contributed by atoms with Crippen LogP contribution in [0.1, 0.15) is 33.1 Å². The molecule has 0 aromatic heterocycles. The van der Waals surface area contributed by atoms with E-state index in [-0.39, 0.29) is 0 Å². The van der Waals surface area contributed by atoms with E-state index in [4.69, 9.17) is 0 Å². The summed E-state index contributed by atoms with van der Waals surface area (Å²) in [5, 5.41) is 0. The SMILES string of the molecule is CC1(C)C2CCCC1P2. The fraction of sp³-hybridized carbons (Fsp3) is 1.00. The molecule has 1 aliphatic carbocycles. The molecule has 0 radical (unpaired) electrons. The summed E-state index contributed by atoms with van der Waals surface area (Å²) in [4.78, 5) is 0. The van der Waals surface area contributed by atoms with Crippen molar-refractivity contribution < 1.29 is 0 Å². The second-order valence-corrected chi connectivity index (χ2v) is 5.75. The molecule has 1 heteroatoms. The van der Waals surface area contributed by atoms with Crippen molar-refractivity contribution in [2.45, 2.75) is 44.4 Å². The summed E-state index contributed by atoms with van der Waals surface area (Å²) in [6, 6.07) is 0. The van der Waals surface area contributed by atoms with Crippen LogP contribution in [0.3, 0.4) is 0 Å². The third-order valence-electron chi connectivity index (χ3n) is 3.18. The van der Waals surface area contributed by atoms with Crippen molar-refractivity contribution in [1.29, 1.82) is 0 Å². The summed E-state index contributed by atoms with van der Waals surface area (Å²) in [6.07, 6.45) is 4.58. The van der Waals surface area contributed by atoms with Crippen LogP contribution in [0.25, 0.3) is 0 Å². The molecule has 3 fully saturated rings. The summed E-state index contributed by atoms with van der Waals surface area (Å²) in [7, 11) is 1.32. The molecule has 0 aromatic rings. The number of fused-ring (bicyclic) bond motifs is 2. The summed E-state index contributed by atoms with van der Waals surface area (Å²) >= 11 is 0. The Balaban J connectivity index is 2.13. The molecule has 2 unspecified atom stereocenters. The highest BCUT2D eigenvalue weighted by molar-refractivity contribution is 7.42. The van der Waals surface area contributed by atoms with Gasteiger partial charge in [0.25, 0.3) is 0 Å². The highest BCUT2D eigenvalue weighted by atomic mass is 31.1. The van der Waals surface area contributed by atoms with Gasteiger partial charge in [-0.1, -0.05) is 20.3 Å². The number of rotatable bonds is 0. The van der Waals surface area contributed by atoms with Crippen LogP contribution in [0.5, 0.6) is 0 Å². The molecule has 52 valence electrons. The molecule has 0 nitrogen and oxygen atoms in total. The number of hydrogen-bond acceptors (Lipinski definition) is 0. The first kappa shape index (κ1) is 6.16. The Labute approximate surface area is 59.2 Å². The Hall–Kier alpha value is 0.430. The fourth-order valence-corrected chi connectivity index (χ4v) is 4.47. The Bertz CT molecular complexity index is 113. The smallest absolute Gasteiger partial charge is 0.0177 e. The van der Waals surface area contributed by atoms with E-state index >= 15 is 0 Å². The molecule has 0 N–H and O–H groups in total. The highest BCUT2D eigenvalue weighted by Crippen LogP contribution is 2.63. The summed E-state index contributed by atoms with van der Waals surface area (Å²) in [5.74, 6) is 0. The van der Waals surface area contributed by atoms with E-state index in [0.717, 1.165) is 16.7 Å². The van der Waals surface area contributed by atoms with E-state index in [1.807, 2.05) is 0 Å². The van der Waals surface area contributed by atoms with Crippen LogP contribution in [0.4, 0.5) is 0 Å². The predicted molar refractivity (Wildman–Crippen MR) is 43.5 cm³/mol. The van der Waals surface area contributed by atoms with Gasteiger partial charge in [-0.2, -0.15) is 0 Å². The quantitative estimate of drug-likeness (QED) is 0.456. The number of hydrogen-bond donors (Lipinski definition) is 0. The zero-order chi connectivity index (χ0) is 6.48. The van der Waals surface area contributed by atoms with E-state index in [0.29, 0.717) is 0 Å². The second-order valence-electron chi connectivity index (χ2n) is 4.02. The maximum Gasteiger partial charge on any atom is -0.0177 e. The molecule has 3 aliphatic rings. The zero-order valence-electron chi connectivity index (χ0n) is 6.28. The van der Waals surface area contributed by atoms with Gasteiger partial charge in [0.2, 0.25) is 0 Å². The van der Waals surface area contributed by atoms with Gasteiger partial charge in [0, 0.05) is 0 Å². The van der Waals surface area contributed by atoms with Gasteiger partial charge in [-0.05, 0) is 29.6 Å². The molecule has 2 aliphatic heterocycles. The molecule has 2 atom stereocenters. The van der Waals surface area contributed by atoms with E-state index < -0.39 is 0 Å². The van der Waals surface area contributed by atoms with Crippen molar-refractivity contribution in [3.63, 3.8) is 0 Å². The van der Waals surface area contributed by atoms with Crippen molar-refractivity contribution in [3.05, 3.63) is 0 Å². The second kappa shape index (κ2) is 1.72. The topological polar surface area (TPSA) is 0 Å². The summed E-state index contributed by atoms with van der Waals surface area (Å²) in [6.45, 7) is 4.91. The van der Waals surface area contributed by atoms with Crippen LogP contribution in [-0.4, -0.2) is 11.3 Å². The zero-order valence-corrected chi connectivity index (χ0v) is 7.28. The molecule has 0 aromatic carbocycles. The van der Waals surface area contributed by atoms with Crippen LogP contribution in [0.2, 0.25) is 0 Å². The third-order valence-corrected chi connectivity index (χ3v) is 6.05. The van der Waals surface area contributed by atoms with Crippen molar-refractivity contribution in [3.8, 4) is 0 Å². The molecule has 2 bridgehead atoms. The molecule has 9 heavy (non-hydrogen) atoms. The average Bonchev–Trinajstić information content (AvgIpc) is 1.89. The van der Waals surface area contributed by atoms with Gasteiger partial charge in [0.05, 0.1) is 0 Å².